The maximum absolute atomic E-state index is 13.8. The van der Waals surface area contributed by atoms with Gasteiger partial charge in [0, 0.05) is 17.2 Å². The van der Waals surface area contributed by atoms with Crippen molar-refractivity contribution in [2.24, 2.45) is 5.92 Å². The van der Waals surface area contributed by atoms with Gasteiger partial charge < -0.3 is 9.73 Å². The molecule has 6 heteroatoms. The van der Waals surface area contributed by atoms with Gasteiger partial charge >= 0.3 is 0 Å². The minimum Gasteiger partial charge on any atom is -0.420 e. The number of hydrogen-bond acceptors (Lipinski definition) is 4. The molecule has 1 unspecified atom stereocenters. The van der Waals surface area contributed by atoms with Crippen LogP contribution in [0.25, 0.3) is 11.5 Å². The molecule has 140 valence electrons. The van der Waals surface area contributed by atoms with Gasteiger partial charge in [-0.3, -0.25) is 4.79 Å². The van der Waals surface area contributed by atoms with Crippen LogP contribution in [0.15, 0.2) is 52.9 Å². The van der Waals surface area contributed by atoms with Crippen molar-refractivity contribution in [3.05, 3.63) is 65.8 Å². The molecule has 3 aromatic rings. The lowest BCUT2D eigenvalue weighted by Crippen LogP contribution is -2.13. The zero-order valence-corrected chi connectivity index (χ0v) is 15.6. The number of benzene rings is 2. The molecule has 1 N–H and O–H groups in total. The number of amides is 1. The minimum atomic E-state index is -0.563. The summed E-state index contributed by atoms with van der Waals surface area (Å²) in [4.78, 5) is 12.3. The zero-order valence-electron chi connectivity index (χ0n) is 15.6. The molecule has 1 aromatic heterocycles. The molecule has 0 radical (unpaired) electrons. The van der Waals surface area contributed by atoms with Gasteiger partial charge in [0.1, 0.15) is 5.82 Å². The van der Waals surface area contributed by atoms with E-state index in [9.17, 15) is 9.18 Å². The van der Waals surface area contributed by atoms with Gasteiger partial charge in [-0.2, -0.15) is 0 Å². The maximum Gasteiger partial charge on any atom is 0.258 e. The summed E-state index contributed by atoms with van der Waals surface area (Å²) < 4.78 is 19.6. The van der Waals surface area contributed by atoms with Crippen molar-refractivity contribution in [1.29, 1.82) is 0 Å². The fourth-order valence-electron chi connectivity index (χ4n) is 2.93. The van der Waals surface area contributed by atoms with Crippen molar-refractivity contribution >= 4 is 11.6 Å². The summed E-state index contributed by atoms with van der Waals surface area (Å²) in [6.45, 7) is 6.35. The second-order valence-electron chi connectivity index (χ2n) is 6.99. The number of rotatable bonds is 6. The van der Waals surface area contributed by atoms with Gasteiger partial charge in [-0.25, -0.2) is 4.39 Å². The average Bonchev–Trinajstić information content (AvgIpc) is 3.12. The summed E-state index contributed by atoms with van der Waals surface area (Å²) >= 11 is 0. The van der Waals surface area contributed by atoms with E-state index in [1.807, 2.05) is 6.07 Å². The summed E-state index contributed by atoms with van der Waals surface area (Å²) in [5, 5.41) is 11.0. The first kappa shape index (κ1) is 18.8. The summed E-state index contributed by atoms with van der Waals surface area (Å²) in [7, 11) is 0. The Labute approximate surface area is 157 Å². The molecular weight excluding hydrogens is 345 g/mol. The zero-order chi connectivity index (χ0) is 19.4. The first-order valence-electron chi connectivity index (χ1n) is 8.93. The van der Waals surface area contributed by atoms with Crippen LogP contribution >= 0.6 is 0 Å². The molecule has 0 aliphatic rings. The number of carbonyl (C=O) groups is 1. The monoisotopic (exact) mass is 367 g/mol. The number of carbonyl (C=O) groups excluding carboxylic acids is 1. The van der Waals surface area contributed by atoms with E-state index >= 15 is 0 Å². The van der Waals surface area contributed by atoms with Crippen LogP contribution in [0.3, 0.4) is 0 Å². The third-order valence-electron chi connectivity index (χ3n) is 4.17. The van der Waals surface area contributed by atoms with Crippen molar-refractivity contribution in [1.82, 2.24) is 10.2 Å². The van der Waals surface area contributed by atoms with Gasteiger partial charge in [0.15, 0.2) is 0 Å². The van der Waals surface area contributed by atoms with E-state index in [0.717, 1.165) is 6.42 Å². The van der Waals surface area contributed by atoms with Crippen LogP contribution in [0.4, 0.5) is 10.1 Å². The lowest BCUT2D eigenvalue weighted by Gasteiger charge is -2.09. The number of nitrogens with one attached hydrogen (secondary N) is 1. The summed E-state index contributed by atoms with van der Waals surface area (Å²) in [5.41, 5.74) is 1.21. The maximum atomic E-state index is 13.8. The Bertz CT molecular complexity index is 936. The van der Waals surface area contributed by atoms with Gasteiger partial charge in [-0.15, -0.1) is 10.2 Å². The van der Waals surface area contributed by atoms with Crippen LogP contribution in [0, 0.1) is 11.7 Å². The summed E-state index contributed by atoms with van der Waals surface area (Å²) in [6.07, 6.45) is 0.959. The third kappa shape index (κ3) is 4.58. The fraction of sp³-hybridized carbons (Fsp3) is 0.286. The molecule has 0 spiro atoms. The Kier molecular flexibility index (Phi) is 5.64. The predicted molar refractivity (Wildman–Crippen MR) is 102 cm³/mol. The number of halogens is 1. The van der Waals surface area contributed by atoms with Crippen LogP contribution in [-0.2, 0) is 0 Å². The van der Waals surface area contributed by atoms with E-state index in [0.29, 0.717) is 29.0 Å². The third-order valence-corrected chi connectivity index (χ3v) is 4.17. The van der Waals surface area contributed by atoms with E-state index in [4.69, 9.17) is 4.42 Å². The molecule has 3 rings (SSSR count). The molecule has 1 atom stereocenters. The van der Waals surface area contributed by atoms with Crippen LogP contribution in [0.1, 0.15) is 49.4 Å². The molecule has 0 fully saturated rings. The highest BCUT2D eigenvalue weighted by molar-refractivity contribution is 6.04. The molecular formula is C21H22FN3O2. The van der Waals surface area contributed by atoms with E-state index in [-0.39, 0.29) is 11.5 Å². The van der Waals surface area contributed by atoms with Crippen molar-refractivity contribution in [2.45, 2.75) is 33.1 Å². The molecule has 5 nitrogen and oxygen atoms in total. The average molecular weight is 367 g/mol. The van der Waals surface area contributed by atoms with Gasteiger partial charge in [0.25, 0.3) is 5.91 Å². The van der Waals surface area contributed by atoms with Crippen molar-refractivity contribution < 1.29 is 13.6 Å². The lowest BCUT2D eigenvalue weighted by molar-refractivity contribution is 0.102. The summed E-state index contributed by atoms with van der Waals surface area (Å²) in [6, 6.07) is 12.9. The molecule has 0 aliphatic carbocycles. The molecule has 27 heavy (non-hydrogen) atoms. The lowest BCUT2D eigenvalue weighted by atomic mass is 9.99. The fourth-order valence-corrected chi connectivity index (χ4v) is 2.93. The number of anilines is 1. The molecule has 0 bridgehead atoms. The molecule has 0 saturated carbocycles. The first-order chi connectivity index (χ1) is 12.9. The van der Waals surface area contributed by atoms with Gasteiger partial charge in [0.05, 0.1) is 5.56 Å². The van der Waals surface area contributed by atoms with Crippen molar-refractivity contribution in [3.63, 3.8) is 0 Å². The Hall–Kier alpha value is -3.02. The van der Waals surface area contributed by atoms with Crippen LogP contribution in [-0.4, -0.2) is 16.1 Å². The minimum absolute atomic E-state index is 0.00881. The molecule has 0 aliphatic heterocycles. The highest BCUT2D eigenvalue weighted by Crippen LogP contribution is 2.27. The quantitative estimate of drug-likeness (QED) is 0.644. The van der Waals surface area contributed by atoms with Crippen LogP contribution < -0.4 is 5.32 Å². The summed E-state index contributed by atoms with van der Waals surface area (Å²) in [5.74, 6) is 0.624. The second kappa shape index (κ2) is 8.12. The smallest absolute Gasteiger partial charge is 0.258 e. The SMILES string of the molecule is CC(C)CC(C)c1nnc(-c2cccc(NC(=O)c3ccccc3F)c2)o1. The Morgan fingerprint density at radius 1 is 1.11 bits per heavy atom. The van der Waals surface area contributed by atoms with Crippen LogP contribution in [0.5, 0.6) is 0 Å². The van der Waals surface area contributed by atoms with Crippen LogP contribution in [0.2, 0.25) is 0 Å². The van der Waals surface area contributed by atoms with E-state index in [1.165, 1.54) is 12.1 Å². The van der Waals surface area contributed by atoms with Gasteiger partial charge in [-0.05, 0) is 42.7 Å². The Morgan fingerprint density at radius 3 is 2.63 bits per heavy atom. The number of aromatic nitrogens is 2. The molecule has 2 aromatic carbocycles. The molecule has 0 saturated heterocycles. The first-order valence-corrected chi connectivity index (χ1v) is 8.93. The normalized spacial score (nSPS) is 12.2. The Morgan fingerprint density at radius 2 is 1.89 bits per heavy atom. The van der Waals surface area contributed by atoms with Gasteiger partial charge in [-0.1, -0.05) is 39.0 Å². The van der Waals surface area contributed by atoms with E-state index in [1.54, 1.807) is 30.3 Å². The highest BCUT2D eigenvalue weighted by atomic mass is 19.1. The van der Waals surface area contributed by atoms with E-state index in [2.05, 4.69) is 36.3 Å². The number of hydrogen-bond donors (Lipinski definition) is 1. The highest BCUT2D eigenvalue weighted by Gasteiger charge is 2.17. The van der Waals surface area contributed by atoms with Crippen molar-refractivity contribution in [3.8, 4) is 11.5 Å². The topological polar surface area (TPSA) is 68.0 Å². The largest absolute Gasteiger partial charge is 0.420 e. The standard InChI is InChI=1S/C21H22FN3O2/c1-13(2)11-14(3)20-24-25-21(27-20)15-7-6-8-16(12-15)23-19(26)17-9-4-5-10-18(17)22/h4-10,12-14H,11H2,1-3H3,(H,23,26). The van der Waals surface area contributed by atoms with E-state index < -0.39 is 11.7 Å². The molecule has 1 amide bonds. The second-order valence-corrected chi connectivity index (χ2v) is 6.99. The number of nitrogens with zero attached hydrogens (tertiary/aromatic N) is 2. The predicted octanol–water partition coefficient (Wildman–Crippen LogP) is 5.28. The Balaban J connectivity index is 1.77. The van der Waals surface area contributed by atoms with Crippen molar-refractivity contribution in [2.75, 3.05) is 5.32 Å². The molecule has 1 heterocycles. The van der Waals surface area contributed by atoms with Gasteiger partial charge in [0.2, 0.25) is 11.8 Å².